The van der Waals surface area contributed by atoms with Crippen LogP contribution in [0.15, 0.2) is 60.4 Å². The van der Waals surface area contributed by atoms with Crippen LogP contribution in [0.25, 0.3) is 5.57 Å². The van der Waals surface area contributed by atoms with Crippen LogP contribution in [0, 0.1) is 11.3 Å². The summed E-state index contributed by atoms with van der Waals surface area (Å²) in [6.45, 7) is 0.583. The first-order valence-corrected chi connectivity index (χ1v) is 8.60. The molecule has 130 valence electrons. The number of amides is 1. The number of aliphatic hydroxyl groups excluding tert-OH is 1. The van der Waals surface area contributed by atoms with Crippen LogP contribution in [0.3, 0.4) is 0 Å². The Balaban J connectivity index is 1.74. The average molecular weight is 346 g/mol. The summed E-state index contributed by atoms with van der Waals surface area (Å²) in [6, 6.07) is 17.6. The van der Waals surface area contributed by atoms with Gasteiger partial charge in [0.05, 0.1) is 17.2 Å². The molecule has 0 bridgehead atoms. The molecule has 0 aliphatic carbocycles. The van der Waals surface area contributed by atoms with E-state index in [1.54, 1.807) is 24.3 Å². The number of carbonyl (C=O) groups is 1. The van der Waals surface area contributed by atoms with E-state index in [1.165, 1.54) is 0 Å². The number of nitrogens with zero attached hydrogens (tertiary/aromatic N) is 2. The molecule has 2 aliphatic rings. The fraction of sp³-hybridized carbons (Fsp3) is 0.238. The van der Waals surface area contributed by atoms with Crippen LogP contribution in [-0.2, 0) is 11.3 Å². The highest BCUT2D eigenvalue weighted by molar-refractivity contribution is 6.18. The molecule has 26 heavy (non-hydrogen) atoms. The molecule has 2 heterocycles. The van der Waals surface area contributed by atoms with Crippen molar-refractivity contribution in [2.75, 3.05) is 6.54 Å². The van der Waals surface area contributed by atoms with Gasteiger partial charge in [0.2, 0.25) is 0 Å². The quantitative estimate of drug-likeness (QED) is 0.850. The van der Waals surface area contributed by atoms with Gasteiger partial charge in [0.1, 0.15) is 25.2 Å². The highest BCUT2D eigenvalue weighted by Crippen LogP contribution is 2.44. The smallest absolute Gasteiger partial charge is 0.346 e. The number of carbonyl (C=O) groups excluding carboxylic acids is 1. The van der Waals surface area contributed by atoms with E-state index in [1.807, 2.05) is 30.3 Å². The van der Waals surface area contributed by atoms with Crippen LogP contribution >= 0.6 is 0 Å². The SMILES string of the molecule is N#Cc1ccc(C[N+]23C[C@H](O)C[C@@H]2C([O-])=C(c2ccccc2)C3=O)cc1. The molecule has 2 aromatic carbocycles. The minimum Gasteiger partial charge on any atom is -0.871 e. The first-order chi connectivity index (χ1) is 12.5. The molecule has 0 saturated carbocycles. The van der Waals surface area contributed by atoms with Gasteiger partial charge in [-0.3, -0.25) is 0 Å². The van der Waals surface area contributed by atoms with E-state index in [2.05, 4.69) is 6.07 Å². The largest absolute Gasteiger partial charge is 0.871 e. The van der Waals surface area contributed by atoms with Crippen molar-refractivity contribution in [3.63, 3.8) is 0 Å². The summed E-state index contributed by atoms with van der Waals surface area (Å²) >= 11 is 0. The number of hydrogen-bond donors (Lipinski definition) is 1. The number of fused-ring (bicyclic) bond motifs is 1. The van der Waals surface area contributed by atoms with E-state index in [0.29, 0.717) is 24.1 Å². The molecular formula is C21H18N2O3. The van der Waals surface area contributed by atoms with Crippen LogP contribution in [-0.4, -0.2) is 34.2 Å². The lowest BCUT2D eigenvalue weighted by molar-refractivity contribution is -0.873. The fourth-order valence-corrected chi connectivity index (χ4v) is 4.22. The highest BCUT2D eigenvalue weighted by atomic mass is 16.3. The van der Waals surface area contributed by atoms with Gasteiger partial charge in [0, 0.05) is 12.0 Å². The van der Waals surface area contributed by atoms with Crippen molar-refractivity contribution in [1.29, 1.82) is 5.26 Å². The van der Waals surface area contributed by atoms with E-state index in [0.717, 1.165) is 5.56 Å². The van der Waals surface area contributed by atoms with Gasteiger partial charge in [-0.1, -0.05) is 48.2 Å². The Morgan fingerprint density at radius 3 is 2.50 bits per heavy atom. The Labute approximate surface area is 151 Å². The summed E-state index contributed by atoms with van der Waals surface area (Å²) in [6.07, 6.45) is -0.361. The minimum atomic E-state index is -0.663. The molecule has 1 fully saturated rings. The van der Waals surface area contributed by atoms with Crippen molar-refractivity contribution >= 4 is 11.5 Å². The molecule has 2 aromatic rings. The van der Waals surface area contributed by atoms with Gasteiger partial charge < -0.3 is 10.2 Å². The van der Waals surface area contributed by atoms with E-state index >= 15 is 0 Å². The van der Waals surface area contributed by atoms with Gasteiger partial charge in [0.15, 0.2) is 0 Å². The van der Waals surface area contributed by atoms with Gasteiger partial charge in [0.25, 0.3) is 0 Å². The second-order valence-electron chi connectivity index (χ2n) is 7.00. The Morgan fingerprint density at radius 2 is 1.85 bits per heavy atom. The molecule has 4 rings (SSSR count). The van der Waals surface area contributed by atoms with Crippen LogP contribution in [0.1, 0.15) is 23.1 Å². The predicted octanol–water partition coefficient (Wildman–Crippen LogP) is 1.32. The molecule has 1 N–H and O–H groups in total. The summed E-state index contributed by atoms with van der Waals surface area (Å²) in [5.41, 5.74) is 2.31. The number of hydrogen-bond acceptors (Lipinski definition) is 4. The fourth-order valence-electron chi connectivity index (χ4n) is 4.22. The number of benzene rings is 2. The zero-order valence-electron chi connectivity index (χ0n) is 14.1. The Bertz CT molecular complexity index is 928. The number of quaternary nitrogens is 1. The zero-order valence-corrected chi connectivity index (χ0v) is 14.1. The molecule has 5 nitrogen and oxygen atoms in total. The standard InChI is InChI=1S/C21H18N2O3/c22-11-14-6-8-15(9-7-14)12-23-13-17(24)10-18(23)20(25)19(21(23)26)16-4-2-1-3-5-16/h1-9,17-18,24H,10,12-13H2/t17-,18-,23?/m1/s1. The van der Waals surface area contributed by atoms with E-state index < -0.39 is 12.1 Å². The first-order valence-electron chi connectivity index (χ1n) is 8.60. The Kier molecular flexibility index (Phi) is 3.87. The third-order valence-corrected chi connectivity index (χ3v) is 5.41. The third-order valence-electron chi connectivity index (χ3n) is 5.41. The van der Waals surface area contributed by atoms with Crippen molar-refractivity contribution < 1.29 is 19.5 Å². The van der Waals surface area contributed by atoms with Gasteiger partial charge in [-0.05, 0) is 17.7 Å². The maximum atomic E-state index is 13.3. The zero-order chi connectivity index (χ0) is 18.3. The number of nitriles is 1. The van der Waals surface area contributed by atoms with E-state index in [-0.39, 0.29) is 28.3 Å². The van der Waals surface area contributed by atoms with Crippen molar-refractivity contribution in [3.05, 3.63) is 77.0 Å². The van der Waals surface area contributed by atoms with Crippen molar-refractivity contribution in [2.45, 2.75) is 25.1 Å². The van der Waals surface area contributed by atoms with Gasteiger partial charge >= 0.3 is 5.91 Å². The number of rotatable bonds is 3. The molecule has 2 aliphatic heterocycles. The second-order valence-corrected chi connectivity index (χ2v) is 7.00. The molecule has 5 heteroatoms. The molecule has 0 spiro atoms. The lowest BCUT2D eigenvalue weighted by atomic mass is 10.0. The summed E-state index contributed by atoms with van der Waals surface area (Å²) in [5, 5.41) is 32.1. The van der Waals surface area contributed by atoms with E-state index in [4.69, 9.17) is 5.26 Å². The average Bonchev–Trinajstić information content (AvgIpc) is 3.08. The Hall–Kier alpha value is -2.94. The lowest BCUT2D eigenvalue weighted by Gasteiger charge is -2.34. The van der Waals surface area contributed by atoms with Gasteiger partial charge in [-0.25, -0.2) is 9.28 Å². The maximum absolute atomic E-state index is 13.3. The van der Waals surface area contributed by atoms with Gasteiger partial charge in [-0.2, -0.15) is 5.26 Å². The van der Waals surface area contributed by atoms with Crippen molar-refractivity contribution in [2.24, 2.45) is 0 Å². The predicted molar refractivity (Wildman–Crippen MR) is 92.8 cm³/mol. The second kappa shape index (κ2) is 6.10. The summed E-state index contributed by atoms with van der Waals surface area (Å²) < 4.78 is -0.0594. The molecule has 0 radical (unpaired) electrons. The maximum Gasteiger partial charge on any atom is 0.346 e. The topological polar surface area (TPSA) is 84.2 Å². The Morgan fingerprint density at radius 1 is 1.15 bits per heavy atom. The third kappa shape index (κ3) is 2.43. The monoisotopic (exact) mass is 346 g/mol. The molecule has 0 aromatic heterocycles. The summed E-state index contributed by atoms with van der Waals surface area (Å²) in [5.74, 6) is -0.390. The first kappa shape index (κ1) is 16.5. The summed E-state index contributed by atoms with van der Waals surface area (Å²) in [7, 11) is 0. The van der Waals surface area contributed by atoms with Crippen LogP contribution in [0.2, 0.25) is 0 Å². The molecule has 1 unspecified atom stereocenters. The molecule has 3 atom stereocenters. The highest BCUT2D eigenvalue weighted by Gasteiger charge is 2.57. The van der Waals surface area contributed by atoms with Crippen LogP contribution in [0.5, 0.6) is 0 Å². The van der Waals surface area contributed by atoms with Crippen molar-refractivity contribution in [1.82, 2.24) is 0 Å². The molecular weight excluding hydrogens is 328 g/mol. The van der Waals surface area contributed by atoms with Gasteiger partial charge in [-0.15, -0.1) is 0 Å². The van der Waals surface area contributed by atoms with E-state index in [9.17, 15) is 15.0 Å². The lowest BCUT2D eigenvalue weighted by Crippen LogP contribution is -2.53. The molecule has 1 amide bonds. The van der Waals surface area contributed by atoms with Crippen molar-refractivity contribution in [3.8, 4) is 6.07 Å². The molecule has 1 saturated heterocycles. The van der Waals surface area contributed by atoms with Crippen LogP contribution < -0.4 is 5.11 Å². The minimum absolute atomic E-state index is 0.0594. The normalized spacial score (nSPS) is 27.5. The number of aliphatic hydroxyl groups is 1. The van der Waals surface area contributed by atoms with Crippen LogP contribution in [0.4, 0.5) is 0 Å². The summed E-state index contributed by atoms with van der Waals surface area (Å²) in [4.78, 5) is 13.3.